The van der Waals surface area contributed by atoms with Gasteiger partial charge in [0, 0.05) is 0 Å². The smallest absolute Gasteiger partial charge is 0.338 e. The summed E-state index contributed by atoms with van der Waals surface area (Å²) < 4.78 is 16.0. The summed E-state index contributed by atoms with van der Waals surface area (Å²) in [6.07, 6.45) is 4.09. The van der Waals surface area contributed by atoms with Gasteiger partial charge in [0.1, 0.15) is 6.61 Å². The standard InChI is InChI=1S/C15H22O4/c1-15(2)11-4-3-10(12(15)7-11)8-19-14(16)13-9-17-5-6-18-13/h3,11-13H,4-9H2,1-2H3/t11-,12-,13+/m0/s1. The van der Waals surface area contributed by atoms with Gasteiger partial charge in [-0.2, -0.15) is 0 Å². The summed E-state index contributed by atoms with van der Waals surface area (Å²) in [6.45, 7) is 6.40. The van der Waals surface area contributed by atoms with E-state index in [1.807, 2.05) is 0 Å². The Kier molecular flexibility index (Phi) is 3.39. The highest BCUT2D eigenvalue weighted by atomic mass is 16.6. The third-order valence-corrected chi connectivity index (χ3v) is 5.04. The fourth-order valence-electron chi connectivity index (χ4n) is 3.51. The lowest BCUT2D eigenvalue weighted by Crippen LogP contribution is -2.49. The van der Waals surface area contributed by atoms with Crippen LogP contribution in [0.15, 0.2) is 11.6 Å². The van der Waals surface area contributed by atoms with Gasteiger partial charge in [-0.1, -0.05) is 19.9 Å². The first-order valence-corrected chi connectivity index (χ1v) is 7.14. The second-order valence-electron chi connectivity index (χ2n) is 6.36. The summed E-state index contributed by atoms with van der Waals surface area (Å²) in [4.78, 5) is 11.9. The van der Waals surface area contributed by atoms with Crippen molar-refractivity contribution in [1.82, 2.24) is 0 Å². The molecule has 3 atom stereocenters. The van der Waals surface area contributed by atoms with Crippen LogP contribution in [0.1, 0.15) is 26.7 Å². The van der Waals surface area contributed by atoms with Crippen LogP contribution in [-0.4, -0.2) is 38.5 Å². The lowest BCUT2D eigenvalue weighted by atomic mass is 9.49. The molecule has 1 saturated carbocycles. The van der Waals surface area contributed by atoms with E-state index in [0.717, 1.165) is 12.3 Å². The molecule has 4 aliphatic rings. The van der Waals surface area contributed by atoms with Crippen molar-refractivity contribution in [3.63, 3.8) is 0 Å². The largest absolute Gasteiger partial charge is 0.459 e. The lowest BCUT2D eigenvalue weighted by molar-refractivity contribution is -0.170. The zero-order valence-electron chi connectivity index (χ0n) is 11.7. The van der Waals surface area contributed by atoms with Crippen LogP contribution in [-0.2, 0) is 19.0 Å². The molecule has 0 aromatic rings. The van der Waals surface area contributed by atoms with E-state index in [9.17, 15) is 4.79 Å². The van der Waals surface area contributed by atoms with E-state index >= 15 is 0 Å². The van der Waals surface area contributed by atoms with Crippen molar-refractivity contribution in [1.29, 1.82) is 0 Å². The van der Waals surface area contributed by atoms with Crippen LogP contribution in [0, 0.1) is 17.3 Å². The van der Waals surface area contributed by atoms with E-state index in [2.05, 4.69) is 19.9 Å². The van der Waals surface area contributed by atoms with Crippen molar-refractivity contribution >= 4 is 5.97 Å². The van der Waals surface area contributed by atoms with Crippen LogP contribution in [0.25, 0.3) is 0 Å². The van der Waals surface area contributed by atoms with Crippen LogP contribution < -0.4 is 0 Å². The Morgan fingerprint density at radius 2 is 2.32 bits per heavy atom. The fraction of sp³-hybridized carbons (Fsp3) is 0.800. The Labute approximate surface area is 114 Å². The molecule has 106 valence electrons. The molecule has 1 saturated heterocycles. The predicted octanol–water partition coefficient (Wildman–Crippen LogP) is 1.94. The van der Waals surface area contributed by atoms with Crippen LogP contribution >= 0.6 is 0 Å². The monoisotopic (exact) mass is 266 g/mol. The summed E-state index contributed by atoms with van der Waals surface area (Å²) in [5.41, 5.74) is 1.67. The summed E-state index contributed by atoms with van der Waals surface area (Å²) in [5, 5.41) is 0. The third kappa shape index (κ3) is 2.32. The Morgan fingerprint density at radius 1 is 1.47 bits per heavy atom. The number of carbonyl (C=O) groups is 1. The molecule has 0 amide bonds. The van der Waals surface area contributed by atoms with Crippen LogP contribution in [0.5, 0.6) is 0 Å². The summed E-state index contributed by atoms with van der Waals surface area (Å²) in [6, 6.07) is 0. The molecule has 1 heterocycles. The predicted molar refractivity (Wildman–Crippen MR) is 69.6 cm³/mol. The molecule has 2 fully saturated rings. The molecule has 0 aromatic carbocycles. The Balaban J connectivity index is 1.52. The molecule has 2 bridgehead atoms. The highest BCUT2D eigenvalue weighted by Crippen LogP contribution is 2.59. The van der Waals surface area contributed by atoms with Crippen molar-refractivity contribution < 1.29 is 19.0 Å². The Morgan fingerprint density at radius 3 is 2.95 bits per heavy atom. The first kappa shape index (κ1) is 13.1. The van der Waals surface area contributed by atoms with E-state index in [0.29, 0.717) is 37.8 Å². The first-order chi connectivity index (χ1) is 9.09. The van der Waals surface area contributed by atoms with Gasteiger partial charge >= 0.3 is 5.97 Å². The third-order valence-electron chi connectivity index (χ3n) is 5.04. The Hall–Kier alpha value is -0.870. The fourth-order valence-corrected chi connectivity index (χ4v) is 3.51. The minimum Gasteiger partial charge on any atom is -0.459 e. The molecule has 0 aromatic heterocycles. The number of ether oxygens (including phenoxy) is 3. The van der Waals surface area contributed by atoms with Gasteiger partial charge in [-0.05, 0) is 35.7 Å². The lowest BCUT2D eigenvalue weighted by Gasteiger charge is -2.56. The molecular weight excluding hydrogens is 244 g/mol. The van der Waals surface area contributed by atoms with Gasteiger partial charge < -0.3 is 14.2 Å². The first-order valence-electron chi connectivity index (χ1n) is 7.14. The second kappa shape index (κ2) is 4.91. The molecule has 19 heavy (non-hydrogen) atoms. The van der Waals surface area contributed by atoms with Gasteiger partial charge in [-0.25, -0.2) is 4.79 Å². The molecule has 3 aliphatic carbocycles. The van der Waals surface area contributed by atoms with Crippen LogP contribution in [0.4, 0.5) is 0 Å². The van der Waals surface area contributed by atoms with E-state index in [4.69, 9.17) is 14.2 Å². The van der Waals surface area contributed by atoms with Gasteiger partial charge in [0.25, 0.3) is 0 Å². The van der Waals surface area contributed by atoms with Gasteiger partial charge in [0.05, 0.1) is 19.8 Å². The van der Waals surface area contributed by atoms with E-state index in [1.165, 1.54) is 12.0 Å². The van der Waals surface area contributed by atoms with Crippen molar-refractivity contribution in [3.05, 3.63) is 11.6 Å². The van der Waals surface area contributed by atoms with Gasteiger partial charge in [-0.15, -0.1) is 0 Å². The van der Waals surface area contributed by atoms with Gasteiger partial charge in [0.2, 0.25) is 0 Å². The number of hydrogen-bond donors (Lipinski definition) is 0. The molecule has 0 N–H and O–H groups in total. The van der Waals surface area contributed by atoms with Crippen molar-refractivity contribution in [3.8, 4) is 0 Å². The van der Waals surface area contributed by atoms with Crippen molar-refractivity contribution in [2.75, 3.05) is 26.4 Å². The minimum atomic E-state index is -0.542. The SMILES string of the molecule is CC1(C)[C@H]2CC=C(COC(=O)[C@H]3COCCO3)[C@@H]1C2. The van der Waals surface area contributed by atoms with Crippen molar-refractivity contribution in [2.24, 2.45) is 17.3 Å². The van der Waals surface area contributed by atoms with E-state index in [1.54, 1.807) is 0 Å². The number of allylic oxidation sites excluding steroid dienone is 1. The maximum absolute atomic E-state index is 11.9. The van der Waals surface area contributed by atoms with E-state index < -0.39 is 6.10 Å². The minimum absolute atomic E-state index is 0.292. The quantitative estimate of drug-likeness (QED) is 0.578. The Bertz CT molecular complexity index is 393. The number of fused-ring (bicyclic) bond motifs is 1. The maximum atomic E-state index is 11.9. The average molecular weight is 266 g/mol. The van der Waals surface area contributed by atoms with Gasteiger partial charge in [-0.3, -0.25) is 0 Å². The highest BCUT2D eigenvalue weighted by molar-refractivity contribution is 5.75. The molecule has 0 spiro atoms. The molecule has 0 radical (unpaired) electrons. The molecule has 4 nitrogen and oxygen atoms in total. The number of hydrogen-bond acceptors (Lipinski definition) is 4. The zero-order valence-corrected chi connectivity index (χ0v) is 11.7. The average Bonchev–Trinajstić information content (AvgIpc) is 2.45. The topological polar surface area (TPSA) is 44.8 Å². The van der Waals surface area contributed by atoms with Crippen LogP contribution in [0.3, 0.4) is 0 Å². The molecular formula is C15H22O4. The van der Waals surface area contributed by atoms with Crippen molar-refractivity contribution in [2.45, 2.75) is 32.8 Å². The number of rotatable bonds is 3. The highest BCUT2D eigenvalue weighted by Gasteiger charge is 2.51. The number of esters is 1. The van der Waals surface area contributed by atoms with E-state index in [-0.39, 0.29) is 5.97 Å². The molecule has 1 aliphatic heterocycles. The molecule has 4 heteroatoms. The molecule has 4 rings (SSSR count). The second-order valence-corrected chi connectivity index (χ2v) is 6.36. The summed E-state index contributed by atoms with van der Waals surface area (Å²) >= 11 is 0. The maximum Gasteiger partial charge on any atom is 0.338 e. The van der Waals surface area contributed by atoms with Gasteiger partial charge in [0.15, 0.2) is 6.10 Å². The normalized spacial score (nSPS) is 36.1. The summed E-state index contributed by atoms with van der Waals surface area (Å²) in [7, 11) is 0. The van der Waals surface area contributed by atoms with Crippen LogP contribution in [0.2, 0.25) is 0 Å². The zero-order chi connectivity index (χ0) is 13.5. The summed E-state index contributed by atoms with van der Waals surface area (Å²) in [5.74, 6) is 1.11. The number of carbonyl (C=O) groups excluding carboxylic acids is 1. The molecule has 0 unspecified atom stereocenters.